The van der Waals surface area contributed by atoms with Crippen molar-refractivity contribution in [3.05, 3.63) is 36.0 Å². The largest absolute Gasteiger partial charge is 0.491 e. The van der Waals surface area contributed by atoms with Gasteiger partial charge >= 0.3 is 0 Å². The van der Waals surface area contributed by atoms with Crippen molar-refractivity contribution in [1.29, 1.82) is 0 Å². The van der Waals surface area contributed by atoms with Crippen molar-refractivity contribution in [3.63, 3.8) is 0 Å². The quantitative estimate of drug-likeness (QED) is 0.559. The second-order valence-electron chi connectivity index (χ2n) is 4.85. The maximum atomic E-state index is 5.81. The summed E-state index contributed by atoms with van der Waals surface area (Å²) in [5, 5.41) is 3.22. The van der Waals surface area contributed by atoms with E-state index in [4.69, 9.17) is 10.6 Å². The van der Waals surface area contributed by atoms with Gasteiger partial charge in [-0.25, -0.2) is 10.8 Å². The summed E-state index contributed by atoms with van der Waals surface area (Å²) in [4.78, 5) is 8.41. The molecule has 0 aliphatic heterocycles. The number of hydrogen-bond acceptors (Lipinski definition) is 6. The van der Waals surface area contributed by atoms with Gasteiger partial charge in [0.05, 0.1) is 6.10 Å². The van der Waals surface area contributed by atoms with Crippen molar-refractivity contribution in [3.8, 4) is 5.75 Å². The molecule has 0 aliphatic rings. The van der Waals surface area contributed by atoms with E-state index in [9.17, 15) is 0 Å². The minimum absolute atomic E-state index is 0.189. The lowest BCUT2D eigenvalue weighted by Gasteiger charge is -2.14. The highest BCUT2D eigenvalue weighted by Gasteiger charge is 2.04. The molecule has 0 amide bonds. The van der Waals surface area contributed by atoms with Crippen molar-refractivity contribution in [1.82, 2.24) is 9.97 Å². The normalized spacial score (nSPS) is 11.8. The topological polar surface area (TPSA) is 85.1 Å². The van der Waals surface area contributed by atoms with Crippen molar-refractivity contribution >= 4 is 17.5 Å². The Labute approximate surface area is 124 Å². The lowest BCUT2D eigenvalue weighted by molar-refractivity contribution is 0.217. The van der Waals surface area contributed by atoms with Gasteiger partial charge in [0.25, 0.3) is 0 Å². The predicted octanol–water partition coefficient (Wildman–Crippen LogP) is 2.99. The van der Waals surface area contributed by atoms with E-state index in [2.05, 4.69) is 27.6 Å². The number of nitrogen functional groups attached to an aromatic ring is 1. The van der Waals surface area contributed by atoms with Crippen LogP contribution in [0.1, 0.15) is 26.0 Å². The molecule has 1 aromatic carbocycles. The zero-order chi connectivity index (χ0) is 15.2. The molecule has 0 radical (unpaired) electrons. The van der Waals surface area contributed by atoms with Gasteiger partial charge in [-0.1, -0.05) is 13.0 Å². The van der Waals surface area contributed by atoms with Crippen LogP contribution in [-0.2, 0) is 0 Å². The van der Waals surface area contributed by atoms with Gasteiger partial charge in [-0.2, -0.15) is 4.98 Å². The Morgan fingerprint density at radius 2 is 2.10 bits per heavy atom. The van der Waals surface area contributed by atoms with Gasteiger partial charge in [-0.15, -0.1) is 0 Å². The monoisotopic (exact) mass is 287 g/mol. The standard InChI is InChI=1S/C15H21N5O/c1-4-11(3)21-13-7-5-6-12(9-13)18-14-8-10(2)17-15(19-14)20-16/h5-9,11H,4,16H2,1-3H3,(H2,17,18,19,20). The number of aryl methyl sites for hydroxylation is 1. The highest BCUT2D eigenvalue weighted by molar-refractivity contribution is 5.59. The molecule has 21 heavy (non-hydrogen) atoms. The Kier molecular flexibility index (Phi) is 4.94. The molecule has 112 valence electrons. The molecule has 2 rings (SSSR count). The molecule has 4 N–H and O–H groups in total. The summed E-state index contributed by atoms with van der Waals surface area (Å²) >= 11 is 0. The van der Waals surface area contributed by atoms with Gasteiger partial charge in [0.1, 0.15) is 11.6 Å². The van der Waals surface area contributed by atoms with Crippen LogP contribution < -0.4 is 21.3 Å². The SMILES string of the molecule is CCC(C)Oc1cccc(Nc2cc(C)nc(NN)n2)c1. The van der Waals surface area contributed by atoms with E-state index >= 15 is 0 Å². The van der Waals surface area contributed by atoms with E-state index in [1.165, 1.54) is 0 Å². The van der Waals surface area contributed by atoms with Crippen LogP contribution in [0.4, 0.5) is 17.5 Å². The van der Waals surface area contributed by atoms with Gasteiger partial charge in [-0.3, -0.25) is 5.43 Å². The Balaban J connectivity index is 2.16. The van der Waals surface area contributed by atoms with E-state index in [0.717, 1.165) is 23.6 Å². The Hall–Kier alpha value is -2.34. The van der Waals surface area contributed by atoms with Crippen LogP contribution in [0.3, 0.4) is 0 Å². The first-order valence-corrected chi connectivity index (χ1v) is 6.96. The van der Waals surface area contributed by atoms with Crippen LogP contribution in [-0.4, -0.2) is 16.1 Å². The summed E-state index contributed by atoms with van der Waals surface area (Å²) in [5.74, 6) is 7.24. The molecular weight excluding hydrogens is 266 g/mol. The molecule has 1 heterocycles. The van der Waals surface area contributed by atoms with Crippen LogP contribution in [0.25, 0.3) is 0 Å². The number of hydrogen-bond donors (Lipinski definition) is 3. The minimum Gasteiger partial charge on any atom is -0.491 e. The number of benzene rings is 1. The molecule has 6 heteroatoms. The predicted molar refractivity (Wildman–Crippen MR) is 84.7 cm³/mol. The number of ether oxygens (including phenoxy) is 1. The fourth-order valence-corrected chi connectivity index (χ4v) is 1.81. The number of rotatable bonds is 6. The Bertz CT molecular complexity index is 602. The van der Waals surface area contributed by atoms with E-state index < -0.39 is 0 Å². The highest BCUT2D eigenvalue weighted by atomic mass is 16.5. The molecule has 0 fully saturated rings. The molecule has 0 saturated heterocycles. The van der Waals surface area contributed by atoms with E-state index in [-0.39, 0.29) is 6.10 Å². The van der Waals surface area contributed by atoms with E-state index in [1.807, 2.05) is 44.2 Å². The summed E-state index contributed by atoms with van der Waals surface area (Å²) in [5.41, 5.74) is 4.18. The molecular formula is C15H21N5O. The van der Waals surface area contributed by atoms with Crippen LogP contribution in [0.2, 0.25) is 0 Å². The summed E-state index contributed by atoms with van der Waals surface area (Å²) < 4.78 is 5.81. The third kappa shape index (κ3) is 4.32. The molecule has 1 unspecified atom stereocenters. The van der Waals surface area contributed by atoms with Gasteiger partial charge in [0.2, 0.25) is 5.95 Å². The zero-order valence-electron chi connectivity index (χ0n) is 12.6. The van der Waals surface area contributed by atoms with Crippen molar-refractivity contribution in [2.45, 2.75) is 33.3 Å². The second-order valence-corrected chi connectivity index (χ2v) is 4.85. The van der Waals surface area contributed by atoms with Crippen LogP contribution >= 0.6 is 0 Å². The first-order chi connectivity index (χ1) is 10.1. The van der Waals surface area contributed by atoms with E-state index in [1.54, 1.807) is 0 Å². The maximum absolute atomic E-state index is 5.81. The molecule has 0 saturated carbocycles. The third-order valence-electron chi connectivity index (χ3n) is 3.00. The fourth-order valence-electron chi connectivity index (χ4n) is 1.81. The summed E-state index contributed by atoms with van der Waals surface area (Å²) in [6, 6.07) is 9.63. The van der Waals surface area contributed by atoms with Crippen molar-refractivity contribution < 1.29 is 4.74 Å². The van der Waals surface area contributed by atoms with Crippen LogP contribution in [0.15, 0.2) is 30.3 Å². The third-order valence-corrected chi connectivity index (χ3v) is 3.00. The molecule has 0 aliphatic carbocycles. The molecule has 0 spiro atoms. The van der Waals surface area contributed by atoms with Gasteiger partial charge < -0.3 is 10.1 Å². The zero-order valence-corrected chi connectivity index (χ0v) is 12.6. The summed E-state index contributed by atoms with van der Waals surface area (Å²) in [6.07, 6.45) is 1.16. The Morgan fingerprint density at radius 3 is 2.81 bits per heavy atom. The first-order valence-electron chi connectivity index (χ1n) is 6.96. The second kappa shape index (κ2) is 6.90. The molecule has 0 bridgehead atoms. The number of hydrazine groups is 1. The number of nitrogens with one attached hydrogen (secondary N) is 2. The van der Waals surface area contributed by atoms with Crippen LogP contribution in [0.5, 0.6) is 5.75 Å². The average molecular weight is 287 g/mol. The summed E-state index contributed by atoms with van der Waals surface area (Å²) in [6.45, 7) is 6.03. The Morgan fingerprint density at radius 1 is 1.29 bits per heavy atom. The lowest BCUT2D eigenvalue weighted by atomic mass is 10.2. The van der Waals surface area contributed by atoms with Crippen LogP contribution in [0, 0.1) is 6.92 Å². The minimum atomic E-state index is 0.189. The van der Waals surface area contributed by atoms with Gasteiger partial charge in [0.15, 0.2) is 0 Å². The number of aromatic nitrogens is 2. The smallest absolute Gasteiger partial charge is 0.239 e. The molecule has 6 nitrogen and oxygen atoms in total. The van der Waals surface area contributed by atoms with Crippen molar-refractivity contribution in [2.75, 3.05) is 10.7 Å². The van der Waals surface area contributed by atoms with Gasteiger partial charge in [-0.05, 0) is 32.4 Å². The lowest BCUT2D eigenvalue weighted by Crippen LogP contribution is -2.12. The number of nitrogens with two attached hydrogens (primary N) is 1. The van der Waals surface area contributed by atoms with E-state index in [0.29, 0.717) is 11.8 Å². The maximum Gasteiger partial charge on any atom is 0.239 e. The molecule has 1 aromatic heterocycles. The molecule has 1 atom stereocenters. The first kappa shape index (κ1) is 15.1. The molecule has 2 aromatic rings. The van der Waals surface area contributed by atoms with Crippen molar-refractivity contribution in [2.24, 2.45) is 5.84 Å². The summed E-state index contributed by atoms with van der Waals surface area (Å²) in [7, 11) is 0. The number of anilines is 3. The number of nitrogens with zero attached hydrogens (tertiary/aromatic N) is 2. The van der Waals surface area contributed by atoms with Gasteiger partial charge in [0, 0.05) is 23.5 Å². The fraction of sp³-hybridized carbons (Fsp3) is 0.333. The average Bonchev–Trinajstić information content (AvgIpc) is 2.46. The highest BCUT2D eigenvalue weighted by Crippen LogP contribution is 2.22.